The van der Waals surface area contributed by atoms with E-state index in [2.05, 4.69) is 20.6 Å². The van der Waals surface area contributed by atoms with Crippen LogP contribution in [0, 0.1) is 0 Å². The van der Waals surface area contributed by atoms with E-state index in [1.54, 1.807) is 41.9 Å². The summed E-state index contributed by atoms with van der Waals surface area (Å²) in [6, 6.07) is 8.58. The lowest BCUT2D eigenvalue weighted by Gasteiger charge is -2.20. The van der Waals surface area contributed by atoms with Crippen molar-refractivity contribution in [1.29, 1.82) is 0 Å². The van der Waals surface area contributed by atoms with Crippen LogP contribution in [0.5, 0.6) is 11.5 Å². The van der Waals surface area contributed by atoms with Gasteiger partial charge in [0.2, 0.25) is 0 Å². The molecule has 0 spiro atoms. The van der Waals surface area contributed by atoms with Crippen molar-refractivity contribution in [2.45, 2.75) is 0 Å². The lowest BCUT2D eigenvalue weighted by molar-refractivity contribution is 0.101. The minimum atomic E-state index is -0.478. The van der Waals surface area contributed by atoms with Crippen LogP contribution >= 0.6 is 34.5 Å². The summed E-state index contributed by atoms with van der Waals surface area (Å²) >= 11 is 14.4. The number of hydrogen-bond acceptors (Lipinski definition) is 7. The summed E-state index contributed by atoms with van der Waals surface area (Å²) < 4.78 is 11.6. The predicted octanol–water partition coefficient (Wildman–Crippen LogP) is 5.52. The minimum Gasteiger partial charge on any atom is -0.493 e. The summed E-state index contributed by atoms with van der Waals surface area (Å²) in [6.07, 6.45) is 2.99. The van der Waals surface area contributed by atoms with Crippen LogP contribution in [0.1, 0.15) is 20.7 Å². The fourth-order valence-electron chi connectivity index (χ4n) is 3.15. The molecular weight excluding hydrogens is 487 g/mol. The van der Waals surface area contributed by atoms with Crippen molar-refractivity contribution in [2.75, 3.05) is 24.9 Å². The monoisotopic (exact) mass is 502 g/mol. The van der Waals surface area contributed by atoms with E-state index in [1.165, 1.54) is 31.9 Å². The number of benzene rings is 2. The van der Waals surface area contributed by atoms with Gasteiger partial charge in [0.1, 0.15) is 22.1 Å². The van der Waals surface area contributed by atoms with E-state index in [1.807, 2.05) is 0 Å². The highest BCUT2D eigenvalue weighted by Gasteiger charge is 2.27. The Morgan fingerprint density at radius 3 is 2.21 bits per heavy atom. The van der Waals surface area contributed by atoms with Gasteiger partial charge in [0.05, 0.1) is 35.7 Å². The standard InChI is InChI=1S/C22H16Cl2N4O4S/c1-31-19-14(23)17(27-22(30)12-9-33-13-8-25-10-26-16(12)13)15(24)20(32-2)18(19)28-21(29)11-6-4-3-5-7-11/h3-10H,1-2H3,(H,27,30)(H,28,29). The first-order valence-corrected chi connectivity index (χ1v) is 11.1. The summed E-state index contributed by atoms with van der Waals surface area (Å²) in [4.78, 5) is 33.9. The summed E-state index contributed by atoms with van der Waals surface area (Å²) in [6.45, 7) is 0. The van der Waals surface area contributed by atoms with Crippen LogP contribution in [0.3, 0.4) is 0 Å². The van der Waals surface area contributed by atoms with Crippen molar-refractivity contribution >= 4 is 67.9 Å². The predicted molar refractivity (Wildman–Crippen MR) is 129 cm³/mol. The summed E-state index contributed by atoms with van der Waals surface area (Å²) in [7, 11) is 2.75. The Balaban J connectivity index is 1.74. The molecular formula is C22H16Cl2N4O4S. The van der Waals surface area contributed by atoms with E-state index >= 15 is 0 Å². The van der Waals surface area contributed by atoms with Gasteiger partial charge in [-0.1, -0.05) is 41.4 Å². The van der Waals surface area contributed by atoms with Gasteiger partial charge >= 0.3 is 0 Å². The number of anilines is 2. The second kappa shape index (κ2) is 9.62. The molecule has 2 amide bonds. The Kier molecular flexibility index (Phi) is 6.64. The molecule has 0 aliphatic rings. The average molecular weight is 503 g/mol. The quantitative estimate of drug-likeness (QED) is 0.359. The van der Waals surface area contributed by atoms with Crippen molar-refractivity contribution in [2.24, 2.45) is 0 Å². The largest absolute Gasteiger partial charge is 0.493 e. The van der Waals surface area contributed by atoms with Gasteiger partial charge in [0.15, 0.2) is 11.5 Å². The number of nitrogens with one attached hydrogen (secondary N) is 2. The molecule has 0 aliphatic heterocycles. The van der Waals surface area contributed by atoms with Crippen LogP contribution in [0.4, 0.5) is 11.4 Å². The maximum atomic E-state index is 13.0. The number of amides is 2. The number of aromatic nitrogens is 2. The second-order valence-electron chi connectivity index (χ2n) is 6.60. The lowest BCUT2D eigenvalue weighted by Crippen LogP contribution is -2.16. The van der Waals surface area contributed by atoms with Gasteiger partial charge in [-0.3, -0.25) is 9.59 Å². The smallest absolute Gasteiger partial charge is 0.258 e. The van der Waals surface area contributed by atoms with E-state index < -0.39 is 11.8 Å². The molecule has 2 aromatic carbocycles. The number of carbonyl (C=O) groups is 2. The van der Waals surface area contributed by atoms with Crippen molar-refractivity contribution in [1.82, 2.24) is 9.97 Å². The van der Waals surface area contributed by atoms with E-state index in [4.69, 9.17) is 32.7 Å². The molecule has 0 unspecified atom stereocenters. The van der Waals surface area contributed by atoms with Crippen molar-refractivity contribution in [3.63, 3.8) is 0 Å². The number of methoxy groups -OCH3 is 2. The minimum absolute atomic E-state index is 0.00540. The zero-order valence-corrected chi connectivity index (χ0v) is 19.6. The first-order valence-electron chi connectivity index (χ1n) is 9.44. The number of ether oxygens (including phenoxy) is 2. The number of nitrogens with zero attached hydrogens (tertiary/aromatic N) is 2. The van der Waals surface area contributed by atoms with Gasteiger partial charge in [-0.2, -0.15) is 0 Å². The number of hydrogen-bond donors (Lipinski definition) is 2. The molecule has 4 aromatic rings. The first kappa shape index (κ1) is 22.8. The Morgan fingerprint density at radius 1 is 0.939 bits per heavy atom. The molecule has 2 N–H and O–H groups in total. The normalized spacial score (nSPS) is 10.7. The van der Waals surface area contributed by atoms with Crippen LogP contribution in [-0.4, -0.2) is 36.0 Å². The van der Waals surface area contributed by atoms with Crippen molar-refractivity contribution in [3.8, 4) is 11.5 Å². The molecule has 0 saturated carbocycles. The molecule has 2 heterocycles. The highest BCUT2D eigenvalue weighted by atomic mass is 35.5. The van der Waals surface area contributed by atoms with Crippen LogP contribution in [0.25, 0.3) is 10.2 Å². The summed E-state index contributed by atoms with van der Waals surface area (Å²) in [5.74, 6) is -0.737. The van der Waals surface area contributed by atoms with Gasteiger partial charge < -0.3 is 20.1 Å². The molecule has 0 bridgehead atoms. The van der Waals surface area contributed by atoms with Crippen molar-refractivity contribution < 1.29 is 19.1 Å². The molecule has 0 saturated heterocycles. The Morgan fingerprint density at radius 2 is 1.58 bits per heavy atom. The summed E-state index contributed by atoms with van der Waals surface area (Å²) in [5.41, 5.74) is 1.46. The zero-order valence-electron chi connectivity index (χ0n) is 17.3. The van der Waals surface area contributed by atoms with Crippen molar-refractivity contribution in [3.05, 3.63) is 69.4 Å². The van der Waals surface area contributed by atoms with Crippen LogP contribution in [0.2, 0.25) is 10.0 Å². The molecule has 11 heteroatoms. The Labute approximate surface area is 202 Å². The maximum Gasteiger partial charge on any atom is 0.258 e. The molecule has 0 radical (unpaired) electrons. The number of thiophene rings is 1. The maximum absolute atomic E-state index is 13.0. The second-order valence-corrected chi connectivity index (χ2v) is 8.27. The molecule has 0 atom stereocenters. The fraction of sp³-hybridized carbons (Fsp3) is 0.0909. The Bertz CT molecular complexity index is 1330. The molecule has 33 heavy (non-hydrogen) atoms. The number of fused-ring (bicyclic) bond motifs is 1. The van der Waals surface area contributed by atoms with Gasteiger partial charge in [-0.15, -0.1) is 11.3 Å². The number of rotatable bonds is 6. The van der Waals surface area contributed by atoms with E-state index in [9.17, 15) is 9.59 Å². The third kappa shape index (κ3) is 4.30. The number of halogens is 2. The van der Waals surface area contributed by atoms with Crippen LogP contribution in [-0.2, 0) is 0 Å². The topological polar surface area (TPSA) is 102 Å². The van der Waals surface area contributed by atoms with E-state index in [0.29, 0.717) is 16.6 Å². The van der Waals surface area contributed by atoms with Gasteiger partial charge in [-0.05, 0) is 12.1 Å². The fourth-order valence-corrected chi connectivity index (χ4v) is 4.69. The molecule has 168 valence electrons. The van der Waals surface area contributed by atoms with Gasteiger partial charge in [-0.25, -0.2) is 9.97 Å². The summed E-state index contributed by atoms with van der Waals surface area (Å²) in [5, 5.41) is 7.09. The number of carbonyl (C=O) groups excluding carboxylic acids is 2. The van der Waals surface area contributed by atoms with Gasteiger partial charge in [0.25, 0.3) is 11.8 Å². The van der Waals surface area contributed by atoms with E-state index in [0.717, 1.165) is 4.70 Å². The lowest BCUT2D eigenvalue weighted by atomic mass is 10.1. The molecule has 2 aromatic heterocycles. The molecule has 0 aliphatic carbocycles. The first-order chi connectivity index (χ1) is 16.0. The molecule has 0 fully saturated rings. The third-order valence-electron chi connectivity index (χ3n) is 4.70. The Hall–Kier alpha value is -3.40. The molecule has 8 nitrogen and oxygen atoms in total. The average Bonchev–Trinajstić information content (AvgIpc) is 3.27. The zero-order chi connectivity index (χ0) is 23.5. The van der Waals surface area contributed by atoms with Gasteiger partial charge in [0, 0.05) is 17.1 Å². The SMILES string of the molecule is COc1c(Cl)c(NC(=O)c2csc3cncnc23)c(Cl)c(OC)c1NC(=O)c1ccccc1. The van der Waals surface area contributed by atoms with E-state index in [-0.39, 0.29) is 32.9 Å². The van der Waals surface area contributed by atoms with Crippen LogP contribution < -0.4 is 20.1 Å². The van der Waals surface area contributed by atoms with Crippen LogP contribution in [0.15, 0.2) is 48.2 Å². The molecule has 4 rings (SSSR count). The highest BCUT2D eigenvalue weighted by molar-refractivity contribution is 7.17. The third-order valence-corrected chi connectivity index (χ3v) is 6.32. The highest BCUT2D eigenvalue weighted by Crippen LogP contribution is 2.51.